The summed E-state index contributed by atoms with van der Waals surface area (Å²) in [4.78, 5) is 0. The van der Waals surface area contributed by atoms with Crippen LogP contribution in [0.4, 0.5) is 0 Å². The molecule has 0 saturated carbocycles. The lowest BCUT2D eigenvalue weighted by Crippen LogP contribution is -2.25. The molecule has 0 aromatic heterocycles. The van der Waals surface area contributed by atoms with Crippen LogP contribution in [0.1, 0.15) is 31.0 Å². The van der Waals surface area contributed by atoms with E-state index in [1.807, 2.05) is 68.5 Å². The molecule has 0 aliphatic carbocycles. The van der Waals surface area contributed by atoms with E-state index in [0.29, 0.717) is 10.7 Å². The predicted octanol–water partition coefficient (Wildman–Crippen LogP) is 4.27. The minimum atomic E-state index is -0.0224. The van der Waals surface area contributed by atoms with Crippen molar-refractivity contribution in [1.82, 2.24) is 5.32 Å². The maximum atomic E-state index is 9.48. The highest BCUT2D eigenvalue weighted by molar-refractivity contribution is 7.27. The fourth-order valence-electron chi connectivity index (χ4n) is 2.38. The largest absolute Gasteiger partial charge is 0.410 e. The van der Waals surface area contributed by atoms with Gasteiger partial charge in [-0.3, -0.25) is 0 Å². The van der Waals surface area contributed by atoms with Gasteiger partial charge in [0.05, 0.1) is 11.7 Å². The number of benzene rings is 2. The molecule has 120 valence electrons. The first-order valence-corrected chi connectivity index (χ1v) is 8.28. The van der Waals surface area contributed by atoms with Crippen molar-refractivity contribution in [2.24, 2.45) is 5.16 Å². The predicted molar refractivity (Wildman–Crippen MR) is 101 cm³/mol. The summed E-state index contributed by atoms with van der Waals surface area (Å²) in [6, 6.07) is 15.4. The van der Waals surface area contributed by atoms with Gasteiger partial charge < -0.3 is 10.5 Å². The molecule has 0 radical (unpaired) electrons. The number of nitrogens with one attached hydrogen (secondary N) is 1. The number of nitrogens with zero attached hydrogens (tertiary/aromatic N) is 1. The van der Waals surface area contributed by atoms with Crippen LogP contribution in [0, 0.1) is 0 Å². The Bertz CT molecular complexity index is 743. The Labute approximate surface area is 144 Å². The fraction of sp³-hybridized carbons (Fsp3) is 0.167. The zero-order valence-corrected chi connectivity index (χ0v) is 15.0. The van der Waals surface area contributed by atoms with Gasteiger partial charge in [-0.05, 0) is 36.8 Å². The Kier molecular flexibility index (Phi) is 6.20. The quantitative estimate of drug-likeness (QED) is 0.367. The SMILES string of the molecule is C/C=C(NC(C)c1ccccc1Cl)/C(=N\O)c1cccc(P)c1. The van der Waals surface area contributed by atoms with Gasteiger partial charge in [-0.15, -0.1) is 9.24 Å². The van der Waals surface area contributed by atoms with Gasteiger partial charge in [0, 0.05) is 10.6 Å². The highest BCUT2D eigenvalue weighted by Gasteiger charge is 2.15. The van der Waals surface area contributed by atoms with E-state index in [-0.39, 0.29) is 6.04 Å². The lowest BCUT2D eigenvalue weighted by molar-refractivity contribution is 0.319. The summed E-state index contributed by atoms with van der Waals surface area (Å²) in [7, 11) is 2.64. The van der Waals surface area contributed by atoms with E-state index in [2.05, 4.69) is 19.7 Å². The summed E-state index contributed by atoms with van der Waals surface area (Å²) in [5, 5.41) is 18.1. The number of hydrogen-bond acceptors (Lipinski definition) is 3. The number of halogens is 1. The van der Waals surface area contributed by atoms with Crippen LogP contribution < -0.4 is 10.6 Å². The molecule has 2 aromatic carbocycles. The third kappa shape index (κ3) is 4.34. The van der Waals surface area contributed by atoms with Crippen LogP contribution in [-0.2, 0) is 0 Å². The maximum Gasteiger partial charge on any atom is 0.132 e. The summed E-state index contributed by atoms with van der Waals surface area (Å²) < 4.78 is 0. The van der Waals surface area contributed by atoms with Crippen molar-refractivity contribution in [2.75, 3.05) is 0 Å². The molecule has 0 spiro atoms. The Morgan fingerprint density at radius 3 is 2.61 bits per heavy atom. The summed E-state index contributed by atoms with van der Waals surface area (Å²) in [5.74, 6) is 0. The molecule has 0 amide bonds. The van der Waals surface area contributed by atoms with Crippen molar-refractivity contribution in [3.63, 3.8) is 0 Å². The molecule has 0 aliphatic rings. The lowest BCUT2D eigenvalue weighted by atomic mass is 10.0. The summed E-state index contributed by atoms with van der Waals surface area (Å²) in [5.41, 5.74) is 3.07. The average molecular weight is 347 g/mol. The zero-order chi connectivity index (χ0) is 16.8. The number of oxime groups is 1. The van der Waals surface area contributed by atoms with Gasteiger partial charge in [0.25, 0.3) is 0 Å². The fourth-order valence-corrected chi connectivity index (χ4v) is 2.97. The Morgan fingerprint density at radius 1 is 1.26 bits per heavy atom. The topological polar surface area (TPSA) is 44.6 Å². The molecule has 2 aromatic rings. The van der Waals surface area contributed by atoms with Crippen molar-refractivity contribution in [3.05, 3.63) is 76.5 Å². The van der Waals surface area contributed by atoms with Gasteiger partial charge in [-0.2, -0.15) is 0 Å². The van der Waals surface area contributed by atoms with Gasteiger partial charge >= 0.3 is 0 Å². The molecule has 0 saturated heterocycles. The van der Waals surface area contributed by atoms with Crippen LogP contribution in [0.25, 0.3) is 0 Å². The molecule has 0 aliphatic heterocycles. The van der Waals surface area contributed by atoms with Crippen molar-refractivity contribution in [3.8, 4) is 0 Å². The summed E-state index contributed by atoms with van der Waals surface area (Å²) in [6.45, 7) is 3.92. The first kappa shape index (κ1) is 17.5. The molecule has 2 atom stereocenters. The minimum Gasteiger partial charge on any atom is -0.410 e. The molecule has 5 heteroatoms. The lowest BCUT2D eigenvalue weighted by Gasteiger charge is -2.20. The molecular formula is C18H20ClN2OP. The first-order chi connectivity index (χ1) is 11.1. The third-order valence-corrected chi connectivity index (χ3v) is 4.25. The van der Waals surface area contributed by atoms with E-state index in [1.165, 1.54) is 0 Å². The number of hydrogen-bond donors (Lipinski definition) is 2. The Morgan fingerprint density at radius 2 is 2.00 bits per heavy atom. The van der Waals surface area contributed by atoms with Crippen molar-refractivity contribution in [2.45, 2.75) is 19.9 Å². The van der Waals surface area contributed by atoms with Crippen LogP contribution in [0.3, 0.4) is 0 Å². The van der Waals surface area contributed by atoms with Crippen LogP contribution in [0.15, 0.2) is 65.5 Å². The number of allylic oxidation sites excluding steroid dienone is 2. The highest BCUT2D eigenvalue weighted by atomic mass is 35.5. The number of rotatable bonds is 5. The standard InChI is InChI=1S/C18H20ClN2OP/c1-3-17(18(21-22)13-7-6-8-14(23)11-13)20-12(2)15-9-4-5-10-16(15)19/h3-12,20,22H,23H2,1-2H3/b17-3-,21-18-. The van der Waals surface area contributed by atoms with Gasteiger partial charge in [0.2, 0.25) is 0 Å². The second kappa shape index (κ2) is 8.14. The molecule has 0 bridgehead atoms. The van der Waals surface area contributed by atoms with Crippen LogP contribution in [0.2, 0.25) is 5.02 Å². The molecular weight excluding hydrogens is 327 g/mol. The van der Waals surface area contributed by atoms with Gasteiger partial charge in [0.15, 0.2) is 0 Å². The van der Waals surface area contributed by atoms with Crippen molar-refractivity contribution >= 4 is 31.9 Å². The highest BCUT2D eigenvalue weighted by Crippen LogP contribution is 2.23. The maximum absolute atomic E-state index is 9.48. The molecule has 2 unspecified atom stereocenters. The molecule has 3 nitrogen and oxygen atoms in total. The van der Waals surface area contributed by atoms with E-state index >= 15 is 0 Å². The van der Waals surface area contributed by atoms with E-state index in [0.717, 1.165) is 22.1 Å². The van der Waals surface area contributed by atoms with E-state index in [4.69, 9.17) is 11.6 Å². The summed E-state index contributed by atoms with van der Waals surface area (Å²) in [6.07, 6.45) is 1.89. The van der Waals surface area contributed by atoms with Crippen LogP contribution >= 0.6 is 20.8 Å². The normalized spacial score (nSPS) is 13.7. The van der Waals surface area contributed by atoms with Gasteiger partial charge in [-0.1, -0.05) is 59.2 Å². The first-order valence-electron chi connectivity index (χ1n) is 7.32. The Hall–Kier alpha value is -1.83. The van der Waals surface area contributed by atoms with E-state index in [9.17, 15) is 5.21 Å². The van der Waals surface area contributed by atoms with E-state index in [1.54, 1.807) is 0 Å². The third-order valence-electron chi connectivity index (χ3n) is 3.55. The molecule has 2 rings (SSSR count). The Balaban J connectivity index is 2.27. The average Bonchev–Trinajstić information content (AvgIpc) is 2.55. The summed E-state index contributed by atoms with van der Waals surface area (Å²) >= 11 is 6.26. The smallest absolute Gasteiger partial charge is 0.132 e. The van der Waals surface area contributed by atoms with Crippen molar-refractivity contribution in [1.29, 1.82) is 0 Å². The monoisotopic (exact) mass is 346 g/mol. The zero-order valence-electron chi connectivity index (χ0n) is 13.1. The van der Waals surface area contributed by atoms with Crippen LogP contribution in [0.5, 0.6) is 0 Å². The van der Waals surface area contributed by atoms with Gasteiger partial charge in [0.1, 0.15) is 5.71 Å². The second-order valence-corrected chi connectivity index (χ2v) is 6.24. The van der Waals surface area contributed by atoms with Gasteiger partial charge in [-0.25, -0.2) is 0 Å². The van der Waals surface area contributed by atoms with E-state index < -0.39 is 0 Å². The second-order valence-electron chi connectivity index (χ2n) is 5.16. The van der Waals surface area contributed by atoms with Crippen molar-refractivity contribution < 1.29 is 5.21 Å². The van der Waals surface area contributed by atoms with Crippen LogP contribution in [-0.4, -0.2) is 10.9 Å². The molecule has 0 heterocycles. The molecule has 23 heavy (non-hydrogen) atoms. The molecule has 2 N–H and O–H groups in total. The molecule has 0 fully saturated rings. The minimum absolute atomic E-state index is 0.0224.